The van der Waals surface area contributed by atoms with Gasteiger partial charge in [-0.25, -0.2) is 0 Å². The third kappa shape index (κ3) is 4.55. The van der Waals surface area contributed by atoms with Crippen molar-refractivity contribution in [2.24, 2.45) is 0 Å². The quantitative estimate of drug-likeness (QED) is 0.648. The Morgan fingerprint density at radius 1 is 0.871 bits per heavy atom. The van der Waals surface area contributed by atoms with Crippen LogP contribution in [-0.4, -0.2) is 35.8 Å². The SMILES string of the molecule is O=C(NC1CCN(C(=O)c2cccc3ccccc23)CC1)c1ccc(C(F)(F)F)cc1. The van der Waals surface area contributed by atoms with Crippen molar-refractivity contribution >= 4 is 22.6 Å². The number of alkyl halides is 3. The van der Waals surface area contributed by atoms with E-state index in [1.807, 2.05) is 42.5 Å². The Hall–Kier alpha value is -3.35. The molecular weight excluding hydrogens is 405 g/mol. The molecule has 1 fully saturated rings. The van der Waals surface area contributed by atoms with Gasteiger partial charge in [-0.3, -0.25) is 9.59 Å². The summed E-state index contributed by atoms with van der Waals surface area (Å²) in [4.78, 5) is 27.2. The van der Waals surface area contributed by atoms with E-state index in [2.05, 4.69) is 5.32 Å². The molecule has 1 heterocycles. The molecule has 4 nitrogen and oxygen atoms in total. The molecule has 1 aliphatic rings. The van der Waals surface area contributed by atoms with Gasteiger partial charge in [-0.05, 0) is 53.9 Å². The van der Waals surface area contributed by atoms with Gasteiger partial charge >= 0.3 is 6.18 Å². The maximum atomic E-state index is 13.0. The van der Waals surface area contributed by atoms with E-state index in [1.54, 1.807) is 4.90 Å². The molecule has 0 spiro atoms. The predicted molar refractivity (Wildman–Crippen MR) is 112 cm³/mol. The van der Waals surface area contributed by atoms with Crippen molar-refractivity contribution in [3.05, 3.63) is 83.4 Å². The van der Waals surface area contributed by atoms with Gasteiger partial charge in [0.15, 0.2) is 0 Å². The molecule has 1 saturated heterocycles. The number of carbonyl (C=O) groups is 2. The molecule has 1 aliphatic heterocycles. The molecule has 0 radical (unpaired) electrons. The summed E-state index contributed by atoms with van der Waals surface area (Å²) in [7, 11) is 0. The number of fused-ring (bicyclic) bond motifs is 1. The summed E-state index contributed by atoms with van der Waals surface area (Å²) in [5.41, 5.74) is 0.0527. The third-order valence-corrected chi connectivity index (χ3v) is 5.61. The number of amides is 2. The molecule has 0 saturated carbocycles. The minimum atomic E-state index is -4.43. The van der Waals surface area contributed by atoms with Crippen molar-refractivity contribution in [2.75, 3.05) is 13.1 Å². The van der Waals surface area contributed by atoms with Gasteiger partial charge < -0.3 is 10.2 Å². The number of hydrogen-bond donors (Lipinski definition) is 1. The highest BCUT2D eigenvalue weighted by Crippen LogP contribution is 2.29. The second-order valence-corrected chi connectivity index (χ2v) is 7.64. The Kier molecular flexibility index (Phi) is 5.67. The summed E-state index contributed by atoms with van der Waals surface area (Å²) in [5.74, 6) is -0.447. The van der Waals surface area contributed by atoms with Crippen LogP contribution in [0.15, 0.2) is 66.7 Å². The zero-order chi connectivity index (χ0) is 22.0. The van der Waals surface area contributed by atoms with Crippen LogP contribution in [0, 0.1) is 0 Å². The van der Waals surface area contributed by atoms with Crippen LogP contribution < -0.4 is 5.32 Å². The molecule has 0 bridgehead atoms. The number of benzene rings is 3. The smallest absolute Gasteiger partial charge is 0.349 e. The van der Waals surface area contributed by atoms with Gasteiger partial charge in [0.25, 0.3) is 11.8 Å². The molecule has 0 unspecified atom stereocenters. The van der Waals surface area contributed by atoms with Crippen LogP contribution in [-0.2, 0) is 6.18 Å². The summed E-state index contributed by atoms with van der Waals surface area (Å²) < 4.78 is 38.0. The Labute approximate surface area is 177 Å². The number of nitrogens with zero attached hydrogens (tertiary/aromatic N) is 1. The van der Waals surface area contributed by atoms with E-state index in [0.29, 0.717) is 31.5 Å². The lowest BCUT2D eigenvalue weighted by Gasteiger charge is -2.32. The molecule has 31 heavy (non-hydrogen) atoms. The number of carbonyl (C=O) groups excluding carboxylic acids is 2. The summed E-state index contributed by atoms with van der Waals surface area (Å²) in [5, 5.41) is 4.78. The monoisotopic (exact) mass is 426 g/mol. The number of hydrogen-bond acceptors (Lipinski definition) is 2. The average molecular weight is 426 g/mol. The lowest BCUT2D eigenvalue weighted by molar-refractivity contribution is -0.137. The molecular formula is C24H21F3N2O2. The fourth-order valence-electron chi connectivity index (χ4n) is 3.89. The van der Waals surface area contributed by atoms with E-state index in [0.717, 1.165) is 22.9 Å². The number of likely N-dealkylation sites (tertiary alicyclic amines) is 1. The maximum absolute atomic E-state index is 13.0. The summed E-state index contributed by atoms with van der Waals surface area (Å²) >= 11 is 0. The van der Waals surface area contributed by atoms with E-state index in [4.69, 9.17) is 0 Å². The van der Waals surface area contributed by atoms with E-state index in [-0.39, 0.29) is 17.5 Å². The summed E-state index contributed by atoms with van der Waals surface area (Å²) in [6, 6.07) is 17.4. The minimum Gasteiger partial charge on any atom is -0.349 e. The van der Waals surface area contributed by atoms with Crippen LogP contribution in [0.3, 0.4) is 0 Å². The standard InChI is InChI=1S/C24H21F3N2O2/c25-24(26,27)18-10-8-17(9-11-18)22(30)28-19-12-14-29(15-13-19)23(31)21-7-3-5-16-4-1-2-6-20(16)21/h1-11,19H,12-15H2,(H,28,30). The Morgan fingerprint density at radius 2 is 1.52 bits per heavy atom. The molecule has 3 aromatic carbocycles. The van der Waals surface area contributed by atoms with Crippen molar-refractivity contribution in [2.45, 2.75) is 25.1 Å². The Balaban J connectivity index is 1.36. The zero-order valence-electron chi connectivity index (χ0n) is 16.7. The second kappa shape index (κ2) is 8.41. The van der Waals surface area contributed by atoms with Gasteiger partial charge in [0.2, 0.25) is 0 Å². The molecule has 4 rings (SSSR count). The molecule has 0 aromatic heterocycles. The molecule has 0 atom stereocenters. The molecule has 0 aliphatic carbocycles. The van der Waals surface area contributed by atoms with Crippen molar-refractivity contribution < 1.29 is 22.8 Å². The predicted octanol–water partition coefficient (Wildman–Crippen LogP) is 4.89. The van der Waals surface area contributed by atoms with Crippen LogP contribution in [0.5, 0.6) is 0 Å². The number of rotatable bonds is 3. The van der Waals surface area contributed by atoms with Gasteiger partial charge in [-0.15, -0.1) is 0 Å². The minimum absolute atomic E-state index is 0.0377. The fourth-order valence-corrected chi connectivity index (χ4v) is 3.89. The van der Waals surface area contributed by atoms with Gasteiger partial charge in [-0.2, -0.15) is 13.2 Å². The largest absolute Gasteiger partial charge is 0.416 e. The lowest BCUT2D eigenvalue weighted by atomic mass is 10.0. The highest BCUT2D eigenvalue weighted by molar-refractivity contribution is 6.07. The van der Waals surface area contributed by atoms with Gasteiger partial charge in [-0.1, -0.05) is 36.4 Å². The first-order valence-electron chi connectivity index (χ1n) is 10.1. The first-order chi connectivity index (χ1) is 14.8. The summed E-state index contributed by atoms with van der Waals surface area (Å²) in [6.45, 7) is 1.00. The normalized spacial score (nSPS) is 15.1. The first-order valence-corrected chi connectivity index (χ1v) is 10.1. The Bertz CT molecular complexity index is 1100. The third-order valence-electron chi connectivity index (χ3n) is 5.61. The molecule has 1 N–H and O–H groups in total. The van der Waals surface area contributed by atoms with Crippen LogP contribution >= 0.6 is 0 Å². The van der Waals surface area contributed by atoms with Crippen molar-refractivity contribution in [3.63, 3.8) is 0 Å². The number of halogens is 3. The molecule has 7 heteroatoms. The lowest BCUT2D eigenvalue weighted by Crippen LogP contribution is -2.46. The van der Waals surface area contributed by atoms with Gasteiger partial charge in [0, 0.05) is 30.3 Å². The van der Waals surface area contributed by atoms with E-state index < -0.39 is 17.6 Å². The van der Waals surface area contributed by atoms with E-state index >= 15 is 0 Å². The average Bonchev–Trinajstić information content (AvgIpc) is 2.78. The fraction of sp³-hybridized carbons (Fsp3) is 0.250. The van der Waals surface area contributed by atoms with Crippen molar-refractivity contribution in [1.29, 1.82) is 0 Å². The van der Waals surface area contributed by atoms with E-state index in [1.165, 1.54) is 12.1 Å². The highest BCUT2D eigenvalue weighted by atomic mass is 19.4. The van der Waals surface area contributed by atoms with Crippen molar-refractivity contribution in [1.82, 2.24) is 10.2 Å². The topological polar surface area (TPSA) is 49.4 Å². The van der Waals surface area contributed by atoms with Crippen LogP contribution in [0.25, 0.3) is 10.8 Å². The number of nitrogens with one attached hydrogen (secondary N) is 1. The molecule has 160 valence electrons. The van der Waals surface area contributed by atoms with Gasteiger partial charge in [0.05, 0.1) is 5.56 Å². The molecule has 3 aromatic rings. The van der Waals surface area contributed by atoms with Crippen LogP contribution in [0.2, 0.25) is 0 Å². The number of piperidine rings is 1. The first kappa shape index (κ1) is 20.9. The molecule has 2 amide bonds. The van der Waals surface area contributed by atoms with Crippen LogP contribution in [0.1, 0.15) is 39.1 Å². The van der Waals surface area contributed by atoms with Crippen molar-refractivity contribution in [3.8, 4) is 0 Å². The second-order valence-electron chi connectivity index (χ2n) is 7.64. The van der Waals surface area contributed by atoms with Gasteiger partial charge in [0.1, 0.15) is 0 Å². The maximum Gasteiger partial charge on any atom is 0.416 e. The van der Waals surface area contributed by atoms with E-state index in [9.17, 15) is 22.8 Å². The zero-order valence-corrected chi connectivity index (χ0v) is 16.7. The highest BCUT2D eigenvalue weighted by Gasteiger charge is 2.30. The Morgan fingerprint density at radius 3 is 2.19 bits per heavy atom. The summed E-state index contributed by atoms with van der Waals surface area (Å²) in [6.07, 6.45) is -3.26. The van der Waals surface area contributed by atoms with Crippen LogP contribution in [0.4, 0.5) is 13.2 Å².